The van der Waals surface area contributed by atoms with Crippen LogP contribution < -0.4 is 14.7 Å². The first-order valence-corrected chi connectivity index (χ1v) is 9.95. The number of aromatic amines is 1. The molecule has 1 aromatic carbocycles. The highest BCUT2D eigenvalue weighted by atomic mass is 15.3. The summed E-state index contributed by atoms with van der Waals surface area (Å²) in [4.78, 5) is 20.5. The minimum Gasteiger partial charge on any atom is -0.368 e. The molecule has 2 fully saturated rings. The predicted octanol–water partition coefficient (Wildman–Crippen LogP) is 3.19. The van der Waals surface area contributed by atoms with Crippen LogP contribution in [0.15, 0.2) is 36.4 Å². The monoisotopic (exact) mass is 362 g/mol. The van der Waals surface area contributed by atoms with Gasteiger partial charge < -0.3 is 19.7 Å². The smallest absolute Gasteiger partial charge is 0.229 e. The molecule has 2 aliphatic rings. The van der Waals surface area contributed by atoms with E-state index in [4.69, 9.17) is 9.97 Å². The molecule has 0 spiro atoms. The summed E-state index contributed by atoms with van der Waals surface area (Å²) in [6.45, 7) is 8.19. The number of fused-ring (bicyclic) bond motifs is 1. The first-order chi connectivity index (χ1) is 13.3. The van der Waals surface area contributed by atoms with E-state index in [0.29, 0.717) is 0 Å². The van der Waals surface area contributed by atoms with E-state index in [1.165, 1.54) is 18.5 Å². The maximum absolute atomic E-state index is 5.02. The summed E-state index contributed by atoms with van der Waals surface area (Å²) in [6.07, 6.45) is 2.46. The standard InChI is InChI=1S/C21H26N6/c1-16-15-18-19(22-16)23-21(27-9-5-6-10-27)24-20(18)26-13-11-25(12-14-26)17-7-3-2-4-8-17/h2-4,7-8,15H,5-6,9-14H2,1H3,(H,22,23,24). The van der Waals surface area contributed by atoms with Crippen LogP contribution in [-0.2, 0) is 0 Å². The molecule has 0 radical (unpaired) electrons. The summed E-state index contributed by atoms with van der Waals surface area (Å²) in [6, 6.07) is 12.9. The van der Waals surface area contributed by atoms with Gasteiger partial charge in [0, 0.05) is 50.6 Å². The molecule has 0 aliphatic carbocycles. The zero-order valence-electron chi connectivity index (χ0n) is 15.9. The van der Waals surface area contributed by atoms with Gasteiger partial charge in [0.1, 0.15) is 11.5 Å². The fourth-order valence-corrected chi connectivity index (χ4v) is 4.23. The van der Waals surface area contributed by atoms with Gasteiger partial charge in [-0.15, -0.1) is 0 Å². The number of anilines is 3. The van der Waals surface area contributed by atoms with Crippen LogP contribution in [0.25, 0.3) is 11.0 Å². The molecule has 2 aliphatic heterocycles. The van der Waals surface area contributed by atoms with Crippen LogP contribution in [0.5, 0.6) is 0 Å². The van der Waals surface area contributed by atoms with Crippen molar-refractivity contribution in [2.75, 3.05) is 54.0 Å². The molecule has 5 rings (SSSR count). The lowest BCUT2D eigenvalue weighted by molar-refractivity contribution is 0.648. The van der Waals surface area contributed by atoms with E-state index in [9.17, 15) is 0 Å². The Morgan fingerprint density at radius 3 is 2.26 bits per heavy atom. The van der Waals surface area contributed by atoms with Crippen molar-refractivity contribution in [3.05, 3.63) is 42.1 Å². The molecule has 6 nitrogen and oxygen atoms in total. The summed E-state index contributed by atoms with van der Waals surface area (Å²) in [7, 11) is 0. The Morgan fingerprint density at radius 1 is 0.815 bits per heavy atom. The molecule has 2 aromatic heterocycles. The van der Waals surface area contributed by atoms with Gasteiger partial charge in [-0.3, -0.25) is 0 Å². The molecule has 0 unspecified atom stereocenters. The highest BCUT2D eigenvalue weighted by Gasteiger charge is 2.24. The largest absolute Gasteiger partial charge is 0.368 e. The minimum atomic E-state index is 0.877. The summed E-state index contributed by atoms with van der Waals surface area (Å²) >= 11 is 0. The van der Waals surface area contributed by atoms with Gasteiger partial charge in [0.25, 0.3) is 0 Å². The fourth-order valence-electron chi connectivity index (χ4n) is 4.23. The second-order valence-electron chi connectivity index (χ2n) is 7.57. The number of nitrogens with one attached hydrogen (secondary N) is 1. The molecule has 140 valence electrons. The van der Waals surface area contributed by atoms with Crippen molar-refractivity contribution in [3.63, 3.8) is 0 Å². The Hall–Kier alpha value is -2.76. The average Bonchev–Trinajstić information content (AvgIpc) is 3.37. The molecule has 0 amide bonds. The summed E-state index contributed by atoms with van der Waals surface area (Å²) in [5, 5.41) is 1.14. The topological polar surface area (TPSA) is 51.3 Å². The molecule has 2 saturated heterocycles. The molecule has 0 saturated carbocycles. The average molecular weight is 362 g/mol. The molecular weight excluding hydrogens is 336 g/mol. The number of H-pyrrole nitrogens is 1. The molecule has 1 N–H and O–H groups in total. The molecule has 6 heteroatoms. The molecule has 4 heterocycles. The first kappa shape index (κ1) is 16.4. The highest BCUT2D eigenvalue weighted by Crippen LogP contribution is 2.29. The van der Waals surface area contributed by atoms with E-state index < -0.39 is 0 Å². The van der Waals surface area contributed by atoms with Crippen LogP contribution in [0.2, 0.25) is 0 Å². The van der Waals surface area contributed by atoms with Crippen molar-refractivity contribution in [3.8, 4) is 0 Å². The van der Waals surface area contributed by atoms with Crippen LogP contribution in [0.3, 0.4) is 0 Å². The number of piperazine rings is 1. The van der Waals surface area contributed by atoms with Crippen molar-refractivity contribution < 1.29 is 0 Å². The van der Waals surface area contributed by atoms with Gasteiger partial charge in [0.05, 0.1) is 5.39 Å². The van der Waals surface area contributed by atoms with Gasteiger partial charge in [0.15, 0.2) is 0 Å². The maximum atomic E-state index is 5.02. The maximum Gasteiger partial charge on any atom is 0.229 e. The number of para-hydroxylation sites is 1. The van der Waals surface area contributed by atoms with E-state index >= 15 is 0 Å². The first-order valence-electron chi connectivity index (χ1n) is 9.95. The summed E-state index contributed by atoms with van der Waals surface area (Å²) in [5.41, 5.74) is 3.41. The highest BCUT2D eigenvalue weighted by molar-refractivity contribution is 5.89. The van der Waals surface area contributed by atoms with Gasteiger partial charge in [-0.2, -0.15) is 9.97 Å². The van der Waals surface area contributed by atoms with E-state index in [0.717, 1.165) is 67.8 Å². The van der Waals surface area contributed by atoms with Crippen LogP contribution in [-0.4, -0.2) is 54.2 Å². The second kappa shape index (κ2) is 6.76. The van der Waals surface area contributed by atoms with E-state index in [1.807, 2.05) is 0 Å². The zero-order valence-corrected chi connectivity index (χ0v) is 15.9. The van der Waals surface area contributed by atoms with Gasteiger partial charge in [-0.1, -0.05) is 18.2 Å². The lowest BCUT2D eigenvalue weighted by Gasteiger charge is -2.37. The van der Waals surface area contributed by atoms with Crippen molar-refractivity contribution >= 4 is 28.5 Å². The lowest BCUT2D eigenvalue weighted by Crippen LogP contribution is -2.47. The summed E-state index contributed by atoms with van der Waals surface area (Å²) < 4.78 is 0. The lowest BCUT2D eigenvalue weighted by atomic mass is 10.2. The number of hydrogen-bond donors (Lipinski definition) is 1. The van der Waals surface area contributed by atoms with E-state index in [-0.39, 0.29) is 0 Å². The number of hydrogen-bond acceptors (Lipinski definition) is 5. The number of nitrogens with zero attached hydrogens (tertiary/aromatic N) is 5. The Balaban J connectivity index is 1.44. The van der Waals surface area contributed by atoms with Crippen molar-refractivity contribution in [2.45, 2.75) is 19.8 Å². The minimum absolute atomic E-state index is 0.877. The Kier molecular flexibility index (Phi) is 4.11. The Labute approximate surface area is 159 Å². The van der Waals surface area contributed by atoms with Crippen molar-refractivity contribution in [1.29, 1.82) is 0 Å². The van der Waals surface area contributed by atoms with Crippen molar-refractivity contribution in [2.24, 2.45) is 0 Å². The third-order valence-electron chi connectivity index (χ3n) is 5.68. The molecule has 0 atom stereocenters. The molecule has 27 heavy (non-hydrogen) atoms. The van der Waals surface area contributed by atoms with Gasteiger partial charge in [-0.25, -0.2) is 0 Å². The SMILES string of the molecule is Cc1cc2c(N3CCN(c4ccccc4)CC3)nc(N3CCCC3)nc2[nH]1. The number of rotatable bonds is 3. The quantitative estimate of drug-likeness (QED) is 0.775. The van der Waals surface area contributed by atoms with Crippen LogP contribution in [0.1, 0.15) is 18.5 Å². The molecular formula is C21H26N6. The molecule has 0 bridgehead atoms. The number of aromatic nitrogens is 3. The number of benzene rings is 1. The Morgan fingerprint density at radius 2 is 1.52 bits per heavy atom. The summed E-state index contributed by atoms with van der Waals surface area (Å²) in [5.74, 6) is 1.96. The van der Waals surface area contributed by atoms with Crippen LogP contribution in [0, 0.1) is 6.92 Å². The fraction of sp³-hybridized carbons (Fsp3) is 0.429. The third-order valence-corrected chi connectivity index (χ3v) is 5.68. The molecule has 3 aromatic rings. The third kappa shape index (κ3) is 3.09. The normalized spacial score (nSPS) is 17.9. The van der Waals surface area contributed by atoms with Crippen LogP contribution >= 0.6 is 0 Å². The van der Waals surface area contributed by atoms with Crippen molar-refractivity contribution in [1.82, 2.24) is 15.0 Å². The zero-order chi connectivity index (χ0) is 18.2. The van der Waals surface area contributed by atoms with Gasteiger partial charge >= 0.3 is 0 Å². The second-order valence-corrected chi connectivity index (χ2v) is 7.57. The predicted molar refractivity (Wildman–Crippen MR) is 111 cm³/mol. The van der Waals surface area contributed by atoms with Gasteiger partial charge in [-0.05, 0) is 38.0 Å². The van der Waals surface area contributed by atoms with E-state index in [1.54, 1.807) is 0 Å². The van der Waals surface area contributed by atoms with Crippen LogP contribution in [0.4, 0.5) is 17.5 Å². The van der Waals surface area contributed by atoms with E-state index in [2.05, 4.69) is 63.0 Å². The Bertz CT molecular complexity index is 920. The van der Waals surface area contributed by atoms with Gasteiger partial charge in [0.2, 0.25) is 5.95 Å². The number of aryl methyl sites for hydroxylation is 1.